The minimum atomic E-state index is -0.449. The van der Waals surface area contributed by atoms with Crippen LogP contribution in [0.25, 0.3) is 0 Å². The van der Waals surface area contributed by atoms with Crippen molar-refractivity contribution in [1.82, 2.24) is 4.98 Å². The minimum absolute atomic E-state index is 0.00239. The molecule has 1 rings (SSSR count). The standard InChI is InChI=1S/C12H14BrN3O2/c1-4-6-9(5-2)15-12-11(13)8(3)10(7-14-12)16(17)18/h1,7,9H,5-6H2,2-3H3,(H,14,15). The zero-order chi connectivity index (χ0) is 13.7. The number of halogens is 1. The van der Waals surface area contributed by atoms with E-state index in [2.05, 4.69) is 32.2 Å². The summed E-state index contributed by atoms with van der Waals surface area (Å²) in [5.41, 5.74) is 0.547. The van der Waals surface area contributed by atoms with Gasteiger partial charge in [0.1, 0.15) is 12.0 Å². The van der Waals surface area contributed by atoms with Crippen LogP contribution < -0.4 is 5.32 Å². The molecule has 0 fully saturated rings. The maximum absolute atomic E-state index is 10.8. The van der Waals surface area contributed by atoms with Gasteiger partial charge in [-0.2, -0.15) is 0 Å². The molecule has 0 aromatic carbocycles. The highest BCUT2D eigenvalue weighted by Gasteiger charge is 2.18. The van der Waals surface area contributed by atoms with Crippen LogP contribution in [0.4, 0.5) is 11.5 Å². The van der Waals surface area contributed by atoms with Crippen molar-refractivity contribution >= 4 is 27.4 Å². The summed E-state index contributed by atoms with van der Waals surface area (Å²) in [6.07, 6.45) is 7.97. The van der Waals surface area contributed by atoms with Gasteiger partial charge in [-0.05, 0) is 29.3 Å². The predicted octanol–water partition coefficient (Wildman–Crippen LogP) is 3.27. The van der Waals surface area contributed by atoms with E-state index in [0.29, 0.717) is 22.3 Å². The fourth-order valence-corrected chi connectivity index (χ4v) is 1.91. The van der Waals surface area contributed by atoms with Gasteiger partial charge in [-0.25, -0.2) is 4.98 Å². The van der Waals surface area contributed by atoms with Gasteiger partial charge in [0, 0.05) is 18.0 Å². The van der Waals surface area contributed by atoms with Crippen LogP contribution in [0.15, 0.2) is 10.7 Å². The smallest absolute Gasteiger partial charge is 0.291 e. The molecular weight excluding hydrogens is 298 g/mol. The maximum Gasteiger partial charge on any atom is 0.291 e. The van der Waals surface area contributed by atoms with Crippen molar-refractivity contribution in [3.63, 3.8) is 0 Å². The van der Waals surface area contributed by atoms with Gasteiger partial charge >= 0.3 is 0 Å². The average molecular weight is 312 g/mol. The van der Waals surface area contributed by atoms with Crippen molar-refractivity contribution in [2.24, 2.45) is 0 Å². The number of anilines is 1. The summed E-state index contributed by atoms with van der Waals surface area (Å²) in [7, 11) is 0. The lowest BCUT2D eigenvalue weighted by Crippen LogP contribution is -2.19. The van der Waals surface area contributed by atoms with Crippen LogP contribution in [0.5, 0.6) is 0 Å². The van der Waals surface area contributed by atoms with Crippen LogP contribution in [-0.4, -0.2) is 15.9 Å². The third-order valence-electron chi connectivity index (χ3n) is 2.63. The van der Waals surface area contributed by atoms with E-state index in [1.165, 1.54) is 6.20 Å². The van der Waals surface area contributed by atoms with Gasteiger partial charge in [0.05, 0.1) is 9.40 Å². The van der Waals surface area contributed by atoms with Gasteiger partial charge in [0.15, 0.2) is 0 Å². The van der Waals surface area contributed by atoms with Crippen molar-refractivity contribution in [2.75, 3.05) is 5.32 Å². The first kappa shape index (κ1) is 14.5. The zero-order valence-corrected chi connectivity index (χ0v) is 11.8. The first-order valence-electron chi connectivity index (χ1n) is 5.50. The zero-order valence-electron chi connectivity index (χ0n) is 10.2. The predicted molar refractivity (Wildman–Crippen MR) is 74.5 cm³/mol. The number of pyridine rings is 1. The molecule has 6 heteroatoms. The number of hydrogen-bond donors (Lipinski definition) is 1. The molecule has 0 amide bonds. The molecule has 0 saturated carbocycles. The topological polar surface area (TPSA) is 68.1 Å². The highest BCUT2D eigenvalue weighted by atomic mass is 79.9. The molecule has 5 nitrogen and oxygen atoms in total. The number of nitro groups is 1. The number of rotatable bonds is 5. The Bertz CT molecular complexity index is 497. The highest BCUT2D eigenvalue weighted by Crippen LogP contribution is 2.31. The molecule has 1 aromatic heterocycles. The summed E-state index contributed by atoms with van der Waals surface area (Å²) in [6, 6.07) is 0.111. The Morgan fingerprint density at radius 3 is 2.89 bits per heavy atom. The Kier molecular flexibility index (Phi) is 5.10. The molecule has 0 spiro atoms. The molecule has 1 heterocycles. The molecule has 1 unspecified atom stereocenters. The lowest BCUT2D eigenvalue weighted by molar-refractivity contribution is -0.385. The molecule has 1 atom stereocenters. The average Bonchev–Trinajstić information content (AvgIpc) is 2.33. The summed E-state index contributed by atoms with van der Waals surface area (Å²) in [5, 5.41) is 13.9. The fraction of sp³-hybridized carbons (Fsp3) is 0.417. The Labute approximate surface area is 114 Å². The van der Waals surface area contributed by atoms with Crippen LogP contribution in [0.1, 0.15) is 25.3 Å². The molecule has 1 N–H and O–H groups in total. The maximum atomic E-state index is 10.8. The number of hydrogen-bond acceptors (Lipinski definition) is 4. The van der Waals surface area contributed by atoms with Crippen LogP contribution >= 0.6 is 15.9 Å². The molecule has 0 saturated heterocycles. The normalized spacial score (nSPS) is 11.7. The number of terminal acetylenes is 1. The largest absolute Gasteiger partial charge is 0.365 e. The van der Waals surface area contributed by atoms with Crippen LogP contribution in [0, 0.1) is 29.4 Å². The van der Waals surface area contributed by atoms with E-state index in [1.54, 1.807) is 6.92 Å². The monoisotopic (exact) mass is 311 g/mol. The molecule has 1 aromatic rings. The van der Waals surface area contributed by atoms with Gasteiger partial charge in [0.2, 0.25) is 0 Å². The van der Waals surface area contributed by atoms with Gasteiger partial charge in [-0.15, -0.1) is 12.3 Å². The Balaban J connectivity index is 3.02. The van der Waals surface area contributed by atoms with E-state index in [-0.39, 0.29) is 11.7 Å². The first-order chi connectivity index (χ1) is 8.51. The molecule has 0 aliphatic heterocycles. The summed E-state index contributed by atoms with van der Waals surface area (Å²) in [6.45, 7) is 3.69. The molecule has 0 aliphatic carbocycles. The van der Waals surface area contributed by atoms with Crippen LogP contribution in [-0.2, 0) is 0 Å². The number of aromatic nitrogens is 1. The summed E-state index contributed by atoms with van der Waals surface area (Å²) >= 11 is 3.33. The molecule has 0 radical (unpaired) electrons. The second-order valence-corrected chi connectivity index (χ2v) is 4.64. The molecular formula is C12H14BrN3O2. The molecule has 18 heavy (non-hydrogen) atoms. The summed E-state index contributed by atoms with van der Waals surface area (Å²) in [4.78, 5) is 14.4. The molecule has 96 valence electrons. The van der Waals surface area contributed by atoms with Crippen LogP contribution in [0.2, 0.25) is 0 Å². The Morgan fingerprint density at radius 1 is 1.72 bits per heavy atom. The van der Waals surface area contributed by atoms with Gasteiger partial charge in [-0.3, -0.25) is 10.1 Å². The molecule has 0 bridgehead atoms. The van der Waals surface area contributed by atoms with Crippen LogP contribution in [0.3, 0.4) is 0 Å². The minimum Gasteiger partial charge on any atom is -0.365 e. The van der Waals surface area contributed by atoms with Crippen molar-refractivity contribution in [3.8, 4) is 12.3 Å². The second kappa shape index (κ2) is 6.36. The van der Waals surface area contributed by atoms with Crippen molar-refractivity contribution < 1.29 is 4.92 Å². The van der Waals surface area contributed by atoms with Crippen molar-refractivity contribution in [2.45, 2.75) is 32.7 Å². The quantitative estimate of drug-likeness (QED) is 0.515. The molecule has 0 aliphatic rings. The lowest BCUT2D eigenvalue weighted by Gasteiger charge is -2.16. The van der Waals surface area contributed by atoms with E-state index in [9.17, 15) is 10.1 Å². The first-order valence-corrected chi connectivity index (χ1v) is 6.30. The summed E-state index contributed by atoms with van der Waals surface area (Å²) < 4.78 is 0.604. The van der Waals surface area contributed by atoms with E-state index in [0.717, 1.165) is 6.42 Å². The third kappa shape index (κ3) is 3.20. The van der Waals surface area contributed by atoms with E-state index in [4.69, 9.17) is 6.42 Å². The van der Waals surface area contributed by atoms with Crippen molar-refractivity contribution in [1.29, 1.82) is 0 Å². The highest BCUT2D eigenvalue weighted by molar-refractivity contribution is 9.10. The summed E-state index contributed by atoms with van der Waals surface area (Å²) in [5.74, 6) is 3.17. The third-order valence-corrected chi connectivity index (χ3v) is 3.60. The van der Waals surface area contributed by atoms with E-state index >= 15 is 0 Å². The number of nitrogens with zero attached hydrogens (tertiary/aromatic N) is 2. The SMILES string of the molecule is C#CCC(CC)Nc1ncc([N+](=O)[O-])c(C)c1Br. The van der Waals surface area contributed by atoms with Gasteiger partial charge in [0.25, 0.3) is 5.69 Å². The van der Waals surface area contributed by atoms with E-state index in [1.807, 2.05) is 6.92 Å². The second-order valence-electron chi connectivity index (χ2n) is 3.85. The number of nitrogens with one attached hydrogen (secondary N) is 1. The lowest BCUT2D eigenvalue weighted by atomic mass is 10.1. The Morgan fingerprint density at radius 2 is 2.39 bits per heavy atom. The van der Waals surface area contributed by atoms with Gasteiger partial charge < -0.3 is 5.32 Å². The fourth-order valence-electron chi connectivity index (χ4n) is 1.49. The van der Waals surface area contributed by atoms with Crippen molar-refractivity contribution in [3.05, 3.63) is 26.3 Å². The Hall–Kier alpha value is -1.61. The van der Waals surface area contributed by atoms with Gasteiger partial charge in [-0.1, -0.05) is 6.92 Å². The van der Waals surface area contributed by atoms with E-state index < -0.39 is 4.92 Å².